The normalized spacial score (nSPS) is 29.0. The number of hydrazone groups is 1. The summed E-state index contributed by atoms with van der Waals surface area (Å²) in [6.45, 7) is 0. The highest BCUT2D eigenvalue weighted by atomic mass is 16.2. The van der Waals surface area contributed by atoms with Crippen LogP contribution in [-0.4, -0.2) is 17.1 Å². The number of fused-ring (bicyclic) bond motifs is 2. The number of hydrogen-bond donors (Lipinski definition) is 1. The summed E-state index contributed by atoms with van der Waals surface area (Å²) in [5, 5.41) is 4.07. The number of rotatable bonds is 3. The van der Waals surface area contributed by atoms with Crippen molar-refractivity contribution in [1.29, 1.82) is 0 Å². The monoisotopic (exact) mass is 241 g/mol. The Morgan fingerprint density at radius 1 is 1.33 bits per heavy atom. The van der Waals surface area contributed by atoms with Gasteiger partial charge < -0.3 is 0 Å². The van der Waals surface area contributed by atoms with Gasteiger partial charge in [-0.2, -0.15) is 5.10 Å². The van der Waals surface area contributed by atoms with Crippen molar-refractivity contribution in [2.45, 2.75) is 12.8 Å². The van der Waals surface area contributed by atoms with E-state index in [1.807, 2.05) is 6.21 Å². The second-order valence-corrected chi connectivity index (χ2v) is 4.90. The number of hydrogen-bond acceptors (Lipinski definition) is 3. The Bertz CT molecular complexity index is 495. The Morgan fingerprint density at radius 2 is 2.17 bits per heavy atom. The van der Waals surface area contributed by atoms with Crippen LogP contribution in [0.4, 0.5) is 0 Å². The van der Waals surface area contributed by atoms with Crippen molar-refractivity contribution >= 4 is 12.1 Å². The molecule has 2 aliphatic rings. The molecule has 0 spiro atoms. The standard InChI is InChI=1S/C14H15N3O/c18-14(11-3-5-15-6-4-11)17-16-9-13-8-10-1-2-12(13)7-10/h1-6,9-10,12-13H,7-8H2,(H,17,18). The third kappa shape index (κ3) is 2.18. The summed E-state index contributed by atoms with van der Waals surface area (Å²) < 4.78 is 0. The predicted octanol–water partition coefficient (Wildman–Crippen LogP) is 2.01. The number of pyridine rings is 1. The topological polar surface area (TPSA) is 54.4 Å². The van der Waals surface area contributed by atoms with Crippen LogP contribution in [0, 0.1) is 17.8 Å². The van der Waals surface area contributed by atoms with Gasteiger partial charge in [0.2, 0.25) is 0 Å². The molecule has 3 rings (SSSR count). The first kappa shape index (κ1) is 11.1. The molecule has 0 aromatic carbocycles. The van der Waals surface area contributed by atoms with Gasteiger partial charge in [-0.15, -0.1) is 0 Å². The van der Waals surface area contributed by atoms with Gasteiger partial charge in [0.25, 0.3) is 5.91 Å². The van der Waals surface area contributed by atoms with Crippen LogP contribution in [0.15, 0.2) is 41.8 Å². The van der Waals surface area contributed by atoms with Crippen LogP contribution in [0.5, 0.6) is 0 Å². The molecular weight excluding hydrogens is 226 g/mol. The van der Waals surface area contributed by atoms with E-state index < -0.39 is 0 Å². The molecule has 1 aromatic rings. The first-order chi connectivity index (χ1) is 8.83. The van der Waals surface area contributed by atoms with E-state index in [0.29, 0.717) is 17.4 Å². The average molecular weight is 241 g/mol. The van der Waals surface area contributed by atoms with Gasteiger partial charge >= 0.3 is 0 Å². The van der Waals surface area contributed by atoms with Crippen molar-refractivity contribution in [1.82, 2.24) is 10.4 Å². The van der Waals surface area contributed by atoms with E-state index in [1.54, 1.807) is 24.5 Å². The molecule has 92 valence electrons. The van der Waals surface area contributed by atoms with E-state index in [4.69, 9.17) is 0 Å². The van der Waals surface area contributed by atoms with Gasteiger partial charge in [-0.1, -0.05) is 12.2 Å². The van der Waals surface area contributed by atoms with Gasteiger partial charge in [0.1, 0.15) is 0 Å². The lowest BCUT2D eigenvalue weighted by molar-refractivity contribution is 0.0955. The third-order valence-corrected chi connectivity index (χ3v) is 3.70. The van der Waals surface area contributed by atoms with Gasteiger partial charge in [-0.05, 0) is 36.8 Å². The first-order valence-electron chi connectivity index (χ1n) is 6.25. The van der Waals surface area contributed by atoms with E-state index in [2.05, 4.69) is 27.7 Å². The van der Waals surface area contributed by atoms with E-state index in [9.17, 15) is 4.79 Å². The number of nitrogens with one attached hydrogen (secondary N) is 1. The zero-order valence-electron chi connectivity index (χ0n) is 9.99. The summed E-state index contributed by atoms with van der Waals surface area (Å²) in [6.07, 6.45) is 12.1. The van der Waals surface area contributed by atoms with Gasteiger partial charge in [-0.25, -0.2) is 5.43 Å². The maximum absolute atomic E-state index is 11.7. The zero-order valence-corrected chi connectivity index (χ0v) is 9.99. The maximum Gasteiger partial charge on any atom is 0.271 e. The SMILES string of the molecule is O=C(NN=CC1CC2C=CC1C2)c1ccncc1. The average Bonchev–Trinajstić information content (AvgIpc) is 3.02. The van der Waals surface area contributed by atoms with Gasteiger partial charge in [0.15, 0.2) is 0 Å². The number of allylic oxidation sites excluding steroid dienone is 2. The Labute approximate surface area is 106 Å². The van der Waals surface area contributed by atoms with Crippen LogP contribution < -0.4 is 5.43 Å². The molecule has 0 radical (unpaired) electrons. The van der Waals surface area contributed by atoms with Crippen LogP contribution in [0.3, 0.4) is 0 Å². The molecule has 1 heterocycles. The molecule has 2 aliphatic carbocycles. The van der Waals surface area contributed by atoms with Crippen molar-refractivity contribution in [3.8, 4) is 0 Å². The molecule has 0 saturated heterocycles. The summed E-state index contributed by atoms with van der Waals surface area (Å²) in [4.78, 5) is 15.6. The minimum atomic E-state index is -0.188. The highest BCUT2D eigenvalue weighted by Crippen LogP contribution is 2.42. The number of nitrogens with zero attached hydrogens (tertiary/aromatic N) is 2. The van der Waals surface area contributed by atoms with Crippen LogP contribution in [-0.2, 0) is 0 Å². The van der Waals surface area contributed by atoms with Crippen LogP contribution in [0.2, 0.25) is 0 Å². The molecule has 1 amide bonds. The molecule has 4 heteroatoms. The summed E-state index contributed by atoms with van der Waals surface area (Å²) >= 11 is 0. The number of amides is 1. The summed E-state index contributed by atoms with van der Waals surface area (Å²) in [5.74, 6) is 1.64. The Morgan fingerprint density at radius 3 is 2.83 bits per heavy atom. The second kappa shape index (κ2) is 4.72. The molecule has 2 bridgehead atoms. The minimum absolute atomic E-state index is 0.188. The highest BCUT2D eigenvalue weighted by molar-refractivity contribution is 5.94. The number of carbonyl (C=O) groups is 1. The van der Waals surface area contributed by atoms with E-state index >= 15 is 0 Å². The molecule has 1 saturated carbocycles. The molecule has 1 N–H and O–H groups in total. The number of aromatic nitrogens is 1. The van der Waals surface area contributed by atoms with Crippen LogP contribution in [0.25, 0.3) is 0 Å². The van der Waals surface area contributed by atoms with Crippen molar-refractivity contribution in [3.63, 3.8) is 0 Å². The van der Waals surface area contributed by atoms with Crippen molar-refractivity contribution in [2.24, 2.45) is 22.9 Å². The molecule has 1 aromatic heterocycles. The molecule has 18 heavy (non-hydrogen) atoms. The van der Waals surface area contributed by atoms with Crippen molar-refractivity contribution in [3.05, 3.63) is 42.2 Å². The fourth-order valence-corrected chi connectivity index (χ4v) is 2.75. The van der Waals surface area contributed by atoms with Gasteiger partial charge in [-0.3, -0.25) is 9.78 Å². The highest BCUT2D eigenvalue weighted by Gasteiger charge is 2.34. The molecule has 1 fully saturated rings. The van der Waals surface area contributed by atoms with Gasteiger partial charge in [0.05, 0.1) is 0 Å². The lowest BCUT2D eigenvalue weighted by Gasteiger charge is -2.11. The summed E-state index contributed by atoms with van der Waals surface area (Å²) in [6, 6.07) is 3.34. The van der Waals surface area contributed by atoms with Crippen LogP contribution >= 0.6 is 0 Å². The van der Waals surface area contributed by atoms with E-state index in [-0.39, 0.29) is 5.91 Å². The van der Waals surface area contributed by atoms with Crippen molar-refractivity contribution in [2.75, 3.05) is 0 Å². The largest absolute Gasteiger partial charge is 0.271 e. The zero-order chi connectivity index (χ0) is 12.4. The van der Waals surface area contributed by atoms with Gasteiger partial charge in [0, 0.05) is 30.1 Å². The fraction of sp³-hybridized carbons (Fsp3) is 0.357. The van der Waals surface area contributed by atoms with Crippen molar-refractivity contribution < 1.29 is 4.79 Å². The lowest BCUT2D eigenvalue weighted by atomic mass is 9.95. The maximum atomic E-state index is 11.7. The predicted molar refractivity (Wildman–Crippen MR) is 69.0 cm³/mol. The quantitative estimate of drug-likeness (QED) is 0.500. The molecule has 0 aliphatic heterocycles. The molecule has 4 nitrogen and oxygen atoms in total. The minimum Gasteiger partial charge on any atom is -0.267 e. The lowest BCUT2D eigenvalue weighted by Crippen LogP contribution is -2.19. The Kier molecular flexibility index (Phi) is 2.92. The van der Waals surface area contributed by atoms with E-state index in [0.717, 1.165) is 12.3 Å². The summed E-state index contributed by atoms with van der Waals surface area (Å²) in [5.41, 5.74) is 3.14. The molecular formula is C14H15N3O. The second-order valence-electron chi connectivity index (χ2n) is 4.90. The fourth-order valence-electron chi connectivity index (χ4n) is 2.75. The third-order valence-electron chi connectivity index (χ3n) is 3.70. The first-order valence-corrected chi connectivity index (χ1v) is 6.25. The van der Waals surface area contributed by atoms with Crippen LogP contribution in [0.1, 0.15) is 23.2 Å². The molecule has 3 unspecified atom stereocenters. The Balaban J connectivity index is 1.55. The summed E-state index contributed by atoms with van der Waals surface area (Å²) in [7, 11) is 0. The van der Waals surface area contributed by atoms with E-state index in [1.165, 1.54) is 6.42 Å². The molecule has 3 atom stereocenters. The number of carbonyl (C=O) groups excluding carboxylic acids is 1. The smallest absolute Gasteiger partial charge is 0.267 e. The Hall–Kier alpha value is -1.97.